The highest BCUT2D eigenvalue weighted by atomic mass is 79.9. The molecule has 0 aliphatic heterocycles. The Kier molecular flexibility index (Phi) is 4.57. The van der Waals surface area contributed by atoms with Crippen LogP contribution in [0.25, 0.3) is 10.9 Å². The Labute approximate surface area is 142 Å². The van der Waals surface area contributed by atoms with Crippen molar-refractivity contribution in [2.24, 2.45) is 0 Å². The van der Waals surface area contributed by atoms with Gasteiger partial charge in [-0.15, -0.1) is 0 Å². The average Bonchev–Trinajstić information content (AvgIpc) is 2.58. The smallest absolute Gasteiger partial charge is 0.270 e. The van der Waals surface area contributed by atoms with E-state index in [-0.39, 0.29) is 5.91 Å². The quantitative estimate of drug-likeness (QED) is 0.756. The lowest BCUT2D eigenvalue weighted by Gasteiger charge is -2.09. The van der Waals surface area contributed by atoms with Gasteiger partial charge in [0.15, 0.2) is 0 Å². The molecule has 23 heavy (non-hydrogen) atoms. The van der Waals surface area contributed by atoms with Crippen LogP contribution in [0.2, 0.25) is 0 Å². The SMILES string of the molecule is COc1cc(C(=O)NCc2cccc(Br)c2)nc2ccccc12. The van der Waals surface area contributed by atoms with Crippen molar-refractivity contribution in [3.63, 3.8) is 0 Å². The van der Waals surface area contributed by atoms with Crippen molar-refractivity contribution in [2.75, 3.05) is 7.11 Å². The van der Waals surface area contributed by atoms with Crippen LogP contribution in [0.5, 0.6) is 5.75 Å². The maximum Gasteiger partial charge on any atom is 0.270 e. The zero-order chi connectivity index (χ0) is 16.2. The number of para-hydroxylation sites is 1. The molecule has 0 atom stereocenters. The number of hydrogen-bond donors (Lipinski definition) is 1. The number of carbonyl (C=O) groups excluding carboxylic acids is 1. The molecule has 0 radical (unpaired) electrons. The van der Waals surface area contributed by atoms with E-state index in [1.165, 1.54) is 0 Å². The fraction of sp³-hybridized carbons (Fsp3) is 0.111. The molecule has 4 nitrogen and oxygen atoms in total. The molecule has 0 aliphatic rings. The number of halogens is 1. The Bertz CT molecular complexity index is 865. The van der Waals surface area contributed by atoms with E-state index >= 15 is 0 Å². The average molecular weight is 371 g/mol. The van der Waals surface area contributed by atoms with Gasteiger partial charge >= 0.3 is 0 Å². The standard InChI is InChI=1S/C18H15BrN2O2/c1-23-17-10-16(21-15-8-3-2-7-14(15)17)18(22)20-11-12-5-4-6-13(19)9-12/h2-10H,11H2,1H3,(H,20,22). The minimum Gasteiger partial charge on any atom is -0.496 e. The predicted octanol–water partition coefficient (Wildman–Crippen LogP) is 3.94. The number of benzene rings is 2. The summed E-state index contributed by atoms with van der Waals surface area (Å²) in [6.45, 7) is 0.440. The highest BCUT2D eigenvalue weighted by molar-refractivity contribution is 9.10. The van der Waals surface area contributed by atoms with Crippen LogP contribution in [0.15, 0.2) is 59.1 Å². The van der Waals surface area contributed by atoms with Crippen LogP contribution in [-0.4, -0.2) is 18.0 Å². The van der Waals surface area contributed by atoms with Crippen LogP contribution in [0, 0.1) is 0 Å². The molecule has 1 heterocycles. The Morgan fingerprint density at radius 1 is 1.17 bits per heavy atom. The van der Waals surface area contributed by atoms with Gasteiger partial charge in [-0.2, -0.15) is 0 Å². The van der Waals surface area contributed by atoms with Crippen molar-refractivity contribution < 1.29 is 9.53 Å². The lowest BCUT2D eigenvalue weighted by Crippen LogP contribution is -2.23. The molecule has 1 N–H and O–H groups in total. The Hall–Kier alpha value is -2.40. The number of ether oxygens (including phenoxy) is 1. The topological polar surface area (TPSA) is 51.2 Å². The number of rotatable bonds is 4. The second-order valence-corrected chi connectivity index (χ2v) is 5.96. The molecular formula is C18H15BrN2O2. The normalized spacial score (nSPS) is 10.5. The first-order chi connectivity index (χ1) is 11.2. The highest BCUT2D eigenvalue weighted by Gasteiger charge is 2.12. The van der Waals surface area contributed by atoms with Crippen molar-refractivity contribution in [1.82, 2.24) is 10.3 Å². The number of nitrogens with one attached hydrogen (secondary N) is 1. The van der Waals surface area contributed by atoms with Gasteiger partial charge in [-0.1, -0.05) is 40.2 Å². The maximum atomic E-state index is 12.4. The first-order valence-electron chi connectivity index (χ1n) is 7.14. The van der Waals surface area contributed by atoms with Crippen molar-refractivity contribution in [3.05, 3.63) is 70.3 Å². The van der Waals surface area contributed by atoms with E-state index in [1.807, 2.05) is 48.5 Å². The van der Waals surface area contributed by atoms with Crippen molar-refractivity contribution in [3.8, 4) is 5.75 Å². The van der Waals surface area contributed by atoms with Gasteiger partial charge in [-0.3, -0.25) is 4.79 Å². The largest absolute Gasteiger partial charge is 0.496 e. The van der Waals surface area contributed by atoms with Gasteiger partial charge in [0.1, 0.15) is 11.4 Å². The molecule has 1 amide bonds. The minimum absolute atomic E-state index is 0.228. The number of amides is 1. The van der Waals surface area contributed by atoms with Gasteiger partial charge in [-0.05, 0) is 29.8 Å². The lowest BCUT2D eigenvalue weighted by molar-refractivity contribution is 0.0946. The van der Waals surface area contributed by atoms with Gasteiger partial charge in [0.05, 0.1) is 12.6 Å². The van der Waals surface area contributed by atoms with Crippen molar-refractivity contribution in [2.45, 2.75) is 6.54 Å². The summed E-state index contributed by atoms with van der Waals surface area (Å²) in [7, 11) is 1.59. The van der Waals surface area contributed by atoms with Gasteiger partial charge in [0.25, 0.3) is 5.91 Å². The van der Waals surface area contributed by atoms with E-state index < -0.39 is 0 Å². The molecule has 0 saturated carbocycles. The molecule has 3 rings (SSSR count). The third-order valence-corrected chi connectivity index (χ3v) is 3.97. The van der Waals surface area contributed by atoms with Gasteiger partial charge in [-0.25, -0.2) is 4.98 Å². The van der Waals surface area contributed by atoms with Crippen LogP contribution in [0.4, 0.5) is 0 Å². The summed E-state index contributed by atoms with van der Waals surface area (Å²) in [5.74, 6) is 0.414. The summed E-state index contributed by atoms with van der Waals surface area (Å²) < 4.78 is 6.35. The maximum absolute atomic E-state index is 12.4. The van der Waals surface area contributed by atoms with Crippen LogP contribution in [0.3, 0.4) is 0 Å². The summed E-state index contributed by atoms with van der Waals surface area (Å²) >= 11 is 3.42. The van der Waals surface area contributed by atoms with Gasteiger partial charge < -0.3 is 10.1 Å². The van der Waals surface area contributed by atoms with Gasteiger partial charge in [0.2, 0.25) is 0 Å². The second kappa shape index (κ2) is 6.79. The van der Waals surface area contributed by atoms with Crippen LogP contribution in [0.1, 0.15) is 16.1 Å². The summed E-state index contributed by atoms with van der Waals surface area (Å²) in [6.07, 6.45) is 0. The van der Waals surface area contributed by atoms with E-state index in [0.29, 0.717) is 18.0 Å². The minimum atomic E-state index is -0.228. The Balaban J connectivity index is 1.83. The summed E-state index contributed by atoms with van der Waals surface area (Å²) in [5.41, 5.74) is 2.09. The Morgan fingerprint density at radius 3 is 2.78 bits per heavy atom. The first kappa shape index (κ1) is 15.5. The van der Waals surface area contributed by atoms with E-state index in [1.54, 1.807) is 13.2 Å². The van der Waals surface area contributed by atoms with Gasteiger partial charge in [0, 0.05) is 22.5 Å². The molecule has 3 aromatic rings. The van der Waals surface area contributed by atoms with Crippen molar-refractivity contribution in [1.29, 1.82) is 0 Å². The highest BCUT2D eigenvalue weighted by Crippen LogP contribution is 2.24. The molecule has 0 saturated heterocycles. The first-order valence-corrected chi connectivity index (χ1v) is 7.93. The van der Waals surface area contributed by atoms with Crippen LogP contribution >= 0.6 is 15.9 Å². The summed E-state index contributed by atoms with van der Waals surface area (Å²) in [6, 6.07) is 17.1. The zero-order valence-corrected chi connectivity index (χ0v) is 14.1. The molecular weight excluding hydrogens is 356 g/mol. The fourth-order valence-corrected chi connectivity index (χ4v) is 2.80. The van der Waals surface area contributed by atoms with E-state index in [2.05, 4.69) is 26.2 Å². The molecule has 2 aromatic carbocycles. The Morgan fingerprint density at radius 2 is 2.00 bits per heavy atom. The van der Waals surface area contributed by atoms with E-state index in [0.717, 1.165) is 20.9 Å². The number of hydrogen-bond acceptors (Lipinski definition) is 3. The van der Waals surface area contributed by atoms with Crippen molar-refractivity contribution >= 4 is 32.7 Å². The molecule has 0 spiro atoms. The lowest BCUT2D eigenvalue weighted by atomic mass is 10.1. The monoisotopic (exact) mass is 370 g/mol. The zero-order valence-electron chi connectivity index (χ0n) is 12.5. The number of methoxy groups -OCH3 is 1. The molecule has 0 fully saturated rings. The second-order valence-electron chi connectivity index (χ2n) is 5.04. The van der Waals surface area contributed by atoms with Crippen LogP contribution in [-0.2, 0) is 6.54 Å². The number of pyridine rings is 1. The van der Waals surface area contributed by atoms with E-state index in [9.17, 15) is 4.79 Å². The third kappa shape index (κ3) is 3.51. The predicted molar refractivity (Wildman–Crippen MR) is 93.6 cm³/mol. The number of fused-ring (bicyclic) bond motifs is 1. The number of nitrogens with zero attached hydrogens (tertiary/aromatic N) is 1. The number of aromatic nitrogens is 1. The van der Waals surface area contributed by atoms with E-state index in [4.69, 9.17) is 4.74 Å². The molecule has 0 unspecified atom stereocenters. The third-order valence-electron chi connectivity index (χ3n) is 3.47. The molecule has 0 aliphatic carbocycles. The molecule has 116 valence electrons. The molecule has 0 bridgehead atoms. The fourth-order valence-electron chi connectivity index (χ4n) is 2.35. The summed E-state index contributed by atoms with van der Waals surface area (Å²) in [5, 5.41) is 3.77. The number of carbonyl (C=O) groups is 1. The molecule has 5 heteroatoms. The molecule has 1 aromatic heterocycles. The van der Waals surface area contributed by atoms with Crippen LogP contribution < -0.4 is 10.1 Å². The summed E-state index contributed by atoms with van der Waals surface area (Å²) in [4.78, 5) is 16.8.